The van der Waals surface area contributed by atoms with Crippen molar-refractivity contribution in [3.63, 3.8) is 0 Å². The molecule has 86 valence electrons. The first-order valence-electron chi connectivity index (χ1n) is 5.83. The van der Waals surface area contributed by atoms with Gasteiger partial charge < -0.3 is 4.74 Å². The maximum absolute atomic E-state index is 6.25. The van der Waals surface area contributed by atoms with E-state index in [1.54, 1.807) is 0 Å². The van der Waals surface area contributed by atoms with Gasteiger partial charge in [-0.05, 0) is 23.8 Å². The lowest BCUT2D eigenvalue weighted by atomic mass is 9.95. The van der Waals surface area contributed by atoms with E-state index in [0.717, 1.165) is 32.9 Å². The van der Waals surface area contributed by atoms with Gasteiger partial charge in [0, 0.05) is 21.4 Å². The van der Waals surface area contributed by atoms with E-state index in [1.807, 2.05) is 42.5 Å². The second-order valence-electron chi connectivity index (χ2n) is 4.37. The number of hydrogen-bond acceptors (Lipinski definition) is 1. The second kappa shape index (κ2) is 3.50. The van der Waals surface area contributed by atoms with Crippen LogP contribution in [0, 0.1) is 0 Å². The zero-order valence-electron chi connectivity index (χ0n) is 9.48. The van der Waals surface area contributed by atoms with Crippen LogP contribution in [0.3, 0.4) is 0 Å². The highest BCUT2D eigenvalue weighted by Crippen LogP contribution is 2.47. The maximum atomic E-state index is 6.25. The van der Waals surface area contributed by atoms with E-state index in [1.165, 1.54) is 5.56 Å². The summed E-state index contributed by atoms with van der Waals surface area (Å²) in [5.41, 5.74) is 2.31. The summed E-state index contributed by atoms with van der Waals surface area (Å²) in [6.45, 7) is 0. The average molecular weight is 253 g/mol. The van der Waals surface area contributed by atoms with E-state index in [2.05, 4.69) is 12.1 Å². The van der Waals surface area contributed by atoms with E-state index >= 15 is 0 Å². The van der Waals surface area contributed by atoms with Crippen molar-refractivity contribution in [1.82, 2.24) is 0 Å². The van der Waals surface area contributed by atoms with Gasteiger partial charge in [0.25, 0.3) is 0 Å². The summed E-state index contributed by atoms with van der Waals surface area (Å²) in [5.74, 6) is 1.78. The first-order valence-corrected chi connectivity index (χ1v) is 6.21. The highest BCUT2D eigenvalue weighted by atomic mass is 35.5. The third-order valence-electron chi connectivity index (χ3n) is 3.35. The van der Waals surface area contributed by atoms with Gasteiger partial charge in [0.15, 0.2) is 0 Å². The number of benzene rings is 3. The van der Waals surface area contributed by atoms with E-state index in [9.17, 15) is 0 Å². The number of para-hydroxylation sites is 1. The van der Waals surface area contributed by atoms with Crippen molar-refractivity contribution in [2.75, 3.05) is 0 Å². The van der Waals surface area contributed by atoms with Crippen molar-refractivity contribution in [2.24, 2.45) is 0 Å². The molecule has 4 rings (SSSR count). The molecule has 0 unspecified atom stereocenters. The zero-order valence-corrected chi connectivity index (χ0v) is 10.2. The highest BCUT2D eigenvalue weighted by Gasteiger charge is 2.19. The van der Waals surface area contributed by atoms with E-state index in [4.69, 9.17) is 16.3 Å². The van der Waals surface area contributed by atoms with Crippen LogP contribution in [0.4, 0.5) is 0 Å². The molecule has 0 N–H and O–H groups in total. The lowest BCUT2D eigenvalue weighted by Gasteiger charge is -2.21. The van der Waals surface area contributed by atoms with Gasteiger partial charge in [-0.25, -0.2) is 0 Å². The molecule has 0 saturated heterocycles. The Morgan fingerprint density at radius 1 is 0.722 bits per heavy atom. The molecule has 0 amide bonds. The normalized spacial score (nSPS) is 12.1. The lowest BCUT2D eigenvalue weighted by Crippen LogP contribution is -1.96. The van der Waals surface area contributed by atoms with Gasteiger partial charge in [0.05, 0.1) is 0 Å². The molecule has 0 bridgehead atoms. The molecule has 3 aromatic rings. The van der Waals surface area contributed by atoms with E-state index < -0.39 is 0 Å². The molecule has 1 aliphatic heterocycles. The molecule has 0 saturated carbocycles. The summed E-state index contributed by atoms with van der Waals surface area (Å²) in [5, 5.41) is 2.91. The molecular weight excluding hydrogens is 244 g/mol. The van der Waals surface area contributed by atoms with Gasteiger partial charge in [-0.3, -0.25) is 0 Å². The number of hydrogen-bond donors (Lipinski definition) is 0. The third kappa shape index (κ3) is 1.22. The minimum Gasteiger partial charge on any atom is -0.456 e. The summed E-state index contributed by atoms with van der Waals surface area (Å²) in [6, 6.07) is 18.1. The molecule has 0 aliphatic carbocycles. The summed E-state index contributed by atoms with van der Waals surface area (Å²) >= 11 is 6.25. The summed E-state index contributed by atoms with van der Waals surface area (Å²) in [6.07, 6.45) is 0. The van der Waals surface area contributed by atoms with Gasteiger partial charge in [-0.1, -0.05) is 48.0 Å². The summed E-state index contributed by atoms with van der Waals surface area (Å²) in [4.78, 5) is 0. The van der Waals surface area contributed by atoms with Crippen LogP contribution in [-0.4, -0.2) is 0 Å². The molecule has 0 radical (unpaired) electrons. The Balaban J connectivity index is 2.22. The molecule has 1 aliphatic rings. The lowest BCUT2D eigenvalue weighted by molar-refractivity contribution is 0.487. The minimum atomic E-state index is 0.763. The van der Waals surface area contributed by atoms with Crippen molar-refractivity contribution in [3.8, 4) is 22.6 Å². The molecule has 1 heterocycles. The van der Waals surface area contributed by atoms with Crippen molar-refractivity contribution in [1.29, 1.82) is 0 Å². The maximum Gasteiger partial charge on any atom is 0.135 e. The van der Waals surface area contributed by atoms with Gasteiger partial charge >= 0.3 is 0 Å². The Morgan fingerprint density at radius 2 is 1.56 bits per heavy atom. The summed E-state index contributed by atoms with van der Waals surface area (Å²) < 4.78 is 5.95. The fourth-order valence-corrected chi connectivity index (χ4v) is 2.76. The molecule has 3 aromatic carbocycles. The van der Waals surface area contributed by atoms with Crippen molar-refractivity contribution < 1.29 is 4.74 Å². The number of halogens is 1. The Morgan fingerprint density at radius 3 is 2.50 bits per heavy atom. The average Bonchev–Trinajstić information content (AvgIpc) is 2.42. The Bertz CT molecular complexity index is 777. The van der Waals surface area contributed by atoms with Crippen molar-refractivity contribution >= 4 is 22.4 Å². The second-order valence-corrected chi connectivity index (χ2v) is 4.78. The van der Waals surface area contributed by atoms with Crippen LogP contribution in [0.5, 0.6) is 11.5 Å². The van der Waals surface area contributed by atoms with Gasteiger partial charge in [-0.2, -0.15) is 0 Å². The van der Waals surface area contributed by atoms with E-state index in [-0.39, 0.29) is 0 Å². The highest BCUT2D eigenvalue weighted by molar-refractivity contribution is 6.36. The molecule has 2 heteroatoms. The van der Waals surface area contributed by atoms with Crippen molar-refractivity contribution in [2.45, 2.75) is 0 Å². The van der Waals surface area contributed by atoms with Gasteiger partial charge in [0.2, 0.25) is 0 Å². The molecule has 1 nitrogen and oxygen atoms in total. The number of ether oxygens (including phenoxy) is 1. The molecule has 18 heavy (non-hydrogen) atoms. The number of rotatable bonds is 0. The first-order chi connectivity index (χ1) is 8.84. The first kappa shape index (κ1) is 9.98. The van der Waals surface area contributed by atoms with E-state index in [0.29, 0.717) is 0 Å². The van der Waals surface area contributed by atoms with Crippen LogP contribution in [0.2, 0.25) is 5.02 Å². The predicted molar refractivity (Wildman–Crippen MR) is 74.5 cm³/mol. The minimum absolute atomic E-state index is 0.763. The quantitative estimate of drug-likeness (QED) is 0.414. The standard InChI is InChI=1S/C16H9ClO/c17-13-9-8-11-10-4-1-2-6-14(10)18-15-7-3-5-12(13)16(11)15/h1-9H. The Kier molecular flexibility index (Phi) is 1.94. The SMILES string of the molecule is Clc1ccc2c3c(cccc13)Oc1ccccc1-2. The van der Waals surface area contributed by atoms with Crippen LogP contribution in [0.15, 0.2) is 54.6 Å². The van der Waals surface area contributed by atoms with Crippen LogP contribution >= 0.6 is 11.6 Å². The van der Waals surface area contributed by atoms with Crippen LogP contribution in [0.25, 0.3) is 21.9 Å². The molecule has 0 atom stereocenters. The molecule has 0 spiro atoms. The largest absolute Gasteiger partial charge is 0.456 e. The summed E-state index contributed by atoms with van der Waals surface area (Å²) in [7, 11) is 0. The Labute approximate surface area is 110 Å². The van der Waals surface area contributed by atoms with Gasteiger partial charge in [0.1, 0.15) is 11.5 Å². The predicted octanol–water partition coefficient (Wildman–Crippen LogP) is 5.27. The number of fused-ring (bicyclic) bond motifs is 2. The zero-order chi connectivity index (χ0) is 12.1. The van der Waals surface area contributed by atoms with Crippen LogP contribution in [0.1, 0.15) is 0 Å². The van der Waals surface area contributed by atoms with Crippen molar-refractivity contribution in [3.05, 3.63) is 59.6 Å². The smallest absolute Gasteiger partial charge is 0.135 e. The molecular formula is C16H9ClO. The van der Waals surface area contributed by atoms with Gasteiger partial charge in [-0.15, -0.1) is 0 Å². The monoisotopic (exact) mass is 252 g/mol. The Hall–Kier alpha value is -1.99. The molecule has 0 fully saturated rings. The fraction of sp³-hybridized carbons (Fsp3) is 0. The van der Waals surface area contributed by atoms with Crippen LogP contribution < -0.4 is 4.74 Å². The van der Waals surface area contributed by atoms with Crippen LogP contribution in [-0.2, 0) is 0 Å². The topological polar surface area (TPSA) is 9.23 Å². The third-order valence-corrected chi connectivity index (χ3v) is 3.68. The molecule has 0 aromatic heterocycles. The fourth-order valence-electron chi connectivity index (χ4n) is 2.54.